The molecule has 0 aliphatic rings. The van der Waals surface area contributed by atoms with E-state index in [1.165, 1.54) is 36.4 Å². The molecule has 0 N–H and O–H groups in total. The van der Waals surface area contributed by atoms with Gasteiger partial charge < -0.3 is 4.42 Å². The van der Waals surface area contributed by atoms with Crippen molar-refractivity contribution in [2.45, 2.75) is 10.7 Å². The van der Waals surface area contributed by atoms with Gasteiger partial charge in [-0.1, -0.05) is 23.9 Å². The number of allylic oxidation sites excluding steroid dienone is 1. The quantitative estimate of drug-likeness (QED) is 0.288. The summed E-state index contributed by atoms with van der Waals surface area (Å²) in [5.41, 5.74) is 1.12. The molecule has 0 saturated carbocycles. The highest BCUT2D eigenvalue weighted by Gasteiger charge is 2.08. The predicted octanol–water partition coefficient (Wildman–Crippen LogP) is 6.30. The minimum Gasteiger partial charge on any atom is -0.457 e. The van der Waals surface area contributed by atoms with Gasteiger partial charge in [0.15, 0.2) is 5.78 Å². The monoisotopic (exact) mass is 374 g/mol. The van der Waals surface area contributed by atoms with Gasteiger partial charge in [0.05, 0.1) is 0 Å². The fraction of sp³-hybridized carbons (Fsp3) is 0.0500. The number of thioether (sulfide) groups is 1. The second kappa shape index (κ2) is 8.10. The first-order chi connectivity index (χ1) is 12.5. The van der Waals surface area contributed by atoms with E-state index in [0.29, 0.717) is 33.7 Å². The van der Waals surface area contributed by atoms with E-state index in [-0.39, 0.29) is 5.78 Å². The molecule has 0 unspecified atom stereocenters. The molecular weight excluding hydrogens is 361 g/mol. The van der Waals surface area contributed by atoms with Crippen molar-refractivity contribution < 1.29 is 22.4 Å². The van der Waals surface area contributed by atoms with Crippen molar-refractivity contribution in [3.8, 4) is 11.3 Å². The maximum atomic E-state index is 12.9. The predicted molar refractivity (Wildman–Crippen MR) is 95.8 cm³/mol. The summed E-state index contributed by atoms with van der Waals surface area (Å²) in [5.74, 6) is -2.09. The van der Waals surface area contributed by atoms with Gasteiger partial charge in [-0.2, -0.15) is 8.78 Å². The zero-order valence-corrected chi connectivity index (χ0v) is 14.2. The molecule has 0 bridgehead atoms. The maximum absolute atomic E-state index is 12.9. The van der Waals surface area contributed by atoms with Crippen LogP contribution in [0.3, 0.4) is 0 Å². The molecule has 26 heavy (non-hydrogen) atoms. The summed E-state index contributed by atoms with van der Waals surface area (Å²) in [6, 6.07) is 15.3. The summed E-state index contributed by atoms with van der Waals surface area (Å²) >= 11 is 0.482. The lowest BCUT2D eigenvalue weighted by molar-refractivity contribution is 0.104. The summed E-state index contributed by atoms with van der Waals surface area (Å²) in [6.07, 6.45) is 2.87. The lowest BCUT2D eigenvalue weighted by Crippen LogP contribution is -1.93. The molecule has 6 heteroatoms. The fourth-order valence-electron chi connectivity index (χ4n) is 2.27. The van der Waals surface area contributed by atoms with E-state index in [0.717, 1.165) is 5.56 Å². The molecule has 0 radical (unpaired) electrons. The average Bonchev–Trinajstić information content (AvgIpc) is 3.09. The van der Waals surface area contributed by atoms with E-state index >= 15 is 0 Å². The van der Waals surface area contributed by atoms with Crippen LogP contribution < -0.4 is 0 Å². The smallest absolute Gasteiger partial charge is 0.288 e. The third-order valence-electron chi connectivity index (χ3n) is 3.52. The molecule has 0 aliphatic carbocycles. The molecule has 2 aromatic carbocycles. The van der Waals surface area contributed by atoms with E-state index in [2.05, 4.69) is 0 Å². The van der Waals surface area contributed by atoms with E-state index in [4.69, 9.17) is 4.42 Å². The number of furan rings is 1. The largest absolute Gasteiger partial charge is 0.457 e. The van der Waals surface area contributed by atoms with Crippen LogP contribution in [0.25, 0.3) is 17.4 Å². The summed E-state index contributed by atoms with van der Waals surface area (Å²) < 4.78 is 43.2. The fourth-order valence-corrected chi connectivity index (χ4v) is 2.77. The number of benzene rings is 2. The zero-order valence-electron chi connectivity index (χ0n) is 13.4. The number of alkyl halides is 2. The van der Waals surface area contributed by atoms with Crippen molar-refractivity contribution in [3.05, 3.63) is 83.9 Å². The van der Waals surface area contributed by atoms with Crippen LogP contribution in [-0.2, 0) is 0 Å². The number of halogens is 3. The van der Waals surface area contributed by atoms with Gasteiger partial charge in [-0.15, -0.1) is 0 Å². The standard InChI is InChI=1S/C20H13F3O2S/c21-15-5-1-13(2-6-15)18(24)11-7-16-8-12-19(25-16)14-3-9-17(10-4-14)26-20(22)23/h1-12,20H/b11-7+. The Morgan fingerprint density at radius 2 is 1.65 bits per heavy atom. The van der Waals surface area contributed by atoms with Gasteiger partial charge in [-0.3, -0.25) is 4.79 Å². The highest BCUT2D eigenvalue weighted by molar-refractivity contribution is 7.99. The van der Waals surface area contributed by atoms with Crippen molar-refractivity contribution in [1.29, 1.82) is 0 Å². The van der Waals surface area contributed by atoms with Gasteiger partial charge in [0.2, 0.25) is 0 Å². The summed E-state index contributed by atoms with van der Waals surface area (Å²) in [5, 5.41) is 0. The Bertz CT molecular complexity index is 913. The number of carbonyl (C=O) groups excluding carboxylic acids is 1. The molecule has 0 aliphatic heterocycles. The number of rotatable bonds is 6. The van der Waals surface area contributed by atoms with Crippen LogP contribution in [0, 0.1) is 5.82 Å². The summed E-state index contributed by atoms with van der Waals surface area (Å²) in [6.45, 7) is 0. The lowest BCUT2D eigenvalue weighted by atomic mass is 10.1. The number of ketones is 1. The van der Waals surface area contributed by atoms with Crippen LogP contribution >= 0.6 is 11.8 Å². The van der Waals surface area contributed by atoms with E-state index in [9.17, 15) is 18.0 Å². The summed E-state index contributed by atoms with van der Waals surface area (Å²) in [4.78, 5) is 12.5. The molecule has 1 aromatic heterocycles. The van der Waals surface area contributed by atoms with Crippen LogP contribution in [0.2, 0.25) is 0 Å². The Labute approximate surface area is 152 Å². The maximum Gasteiger partial charge on any atom is 0.288 e. The van der Waals surface area contributed by atoms with Crippen LogP contribution in [-0.4, -0.2) is 11.5 Å². The van der Waals surface area contributed by atoms with Crippen LogP contribution in [0.1, 0.15) is 16.1 Å². The molecule has 3 rings (SSSR count). The first-order valence-electron chi connectivity index (χ1n) is 7.64. The molecule has 0 spiro atoms. The average molecular weight is 374 g/mol. The van der Waals surface area contributed by atoms with Gasteiger partial charge in [0, 0.05) is 16.0 Å². The Morgan fingerprint density at radius 1 is 0.962 bits per heavy atom. The molecule has 2 nitrogen and oxygen atoms in total. The lowest BCUT2D eigenvalue weighted by Gasteiger charge is -2.01. The van der Waals surface area contributed by atoms with Crippen molar-refractivity contribution in [3.63, 3.8) is 0 Å². The molecule has 1 heterocycles. The summed E-state index contributed by atoms with van der Waals surface area (Å²) in [7, 11) is 0. The van der Waals surface area contributed by atoms with E-state index in [1.807, 2.05) is 0 Å². The van der Waals surface area contributed by atoms with Crippen molar-refractivity contribution in [1.82, 2.24) is 0 Å². The molecule has 132 valence electrons. The van der Waals surface area contributed by atoms with E-state index < -0.39 is 11.6 Å². The third kappa shape index (κ3) is 4.67. The van der Waals surface area contributed by atoms with Gasteiger partial charge in [-0.25, -0.2) is 4.39 Å². The second-order valence-corrected chi connectivity index (χ2v) is 6.37. The number of hydrogen-bond donors (Lipinski definition) is 0. The highest BCUT2D eigenvalue weighted by atomic mass is 32.2. The van der Waals surface area contributed by atoms with Gasteiger partial charge in [-0.05, 0) is 60.7 Å². The SMILES string of the molecule is O=C(/C=C/c1ccc(-c2ccc(SC(F)F)cc2)o1)c1ccc(F)cc1. The zero-order chi connectivity index (χ0) is 18.5. The van der Waals surface area contributed by atoms with Crippen LogP contribution in [0.5, 0.6) is 0 Å². The van der Waals surface area contributed by atoms with Crippen LogP contribution in [0.15, 0.2) is 76.1 Å². The molecule has 3 aromatic rings. The molecule has 0 atom stereocenters. The number of hydrogen-bond acceptors (Lipinski definition) is 3. The molecular formula is C20H13F3O2S. The molecule has 0 saturated heterocycles. The van der Waals surface area contributed by atoms with Gasteiger partial charge in [0.1, 0.15) is 17.3 Å². The van der Waals surface area contributed by atoms with Crippen molar-refractivity contribution in [2.24, 2.45) is 0 Å². The Morgan fingerprint density at radius 3 is 2.31 bits per heavy atom. The minimum atomic E-state index is -2.46. The second-order valence-electron chi connectivity index (χ2n) is 5.31. The molecule has 0 amide bonds. The molecule has 0 fully saturated rings. The minimum absolute atomic E-state index is 0.267. The normalized spacial score (nSPS) is 11.4. The first-order valence-corrected chi connectivity index (χ1v) is 8.52. The Balaban J connectivity index is 1.69. The number of carbonyl (C=O) groups is 1. The van der Waals surface area contributed by atoms with Crippen molar-refractivity contribution >= 4 is 23.6 Å². The highest BCUT2D eigenvalue weighted by Crippen LogP contribution is 2.29. The first kappa shape index (κ1) is 18.1. The Kier molecular flexibility index (Phi) is 5.63. The Hall–Kier alpha value is -2.73. The van der Waals surface area contributed by atoms with Gasteiger partial charge >= 0.3 is 0 Å². The van der Waals surface area contributed by atoms with E-state index in [1.54, 1.807) is 36.4 Å². The topological polar surface area (TPSA) is 30.2 Å². The third-order valence-corrected chi connectivity index (χ3v) is 4.24. The van der Waals surface area contributed by atoms with Crippen molar-refractivity contribution in [2.75, 3.05) is 0 Å². The van der Waals surface area contributed by atoms with Crippen LogP contribution in [0.4, 0.5) is 13.2 Å². The van der Waals surface area contributed by atoms with Gasteiger partial charge in [0.25, 0.3) is 5.76 Å².